The Labute approximate surface area is 520 Å². The molecule has 3 aromatic heterocycles. The first kappa shape index (κ1) is 63.9. The van der Waals surface area contributed by atoms with Gasteiger partial charge in [0.05, 0.1) is 34.0 Å². The van der Waals surface area contributed by atoms with Crippen LogP contribution in [0.2, 0.25) is 0 Å². The van der Waals surface area contributed by atoms with Crippen LogP contribution in [0.4, 0.5) is 73.1 Å². The second-order valence-corrected chi connectivity index (χ2v) is 23.2. The molecular formula is C62H57N15O7S4. The number of Topliss-reactive ketones (excluding diaryl/α,β-unsaturated/α-hetero) is 2. The Balaban J connectivity index is 1.19. The Morgan fingerprint density at radius 1 is 0.659 bits per heavy atom. The fourth-order valence-corrected chi connectivity index (χ4v) is 12.4. The molecule has 5 aromatic carbocycles. The van der Waals surface area contributed by atoms with Gasteiger partial charge in [-0.25, -0.2) is 4.85 Å². The van der Waals surface area contributed by atoms with Crippen LogP contribution in [-0.2, 0) is 35.0 Å². The first-order chi connectivity index (χ1) is 42.4. The highest BCUT2D eigenvalue weighted by atomic mass is 32.2. The molecule has 0 saturated heterocycles. The lowest BCUT2D eigenvalue weighted by molar-refractivity contribution is -0.120. The molecule has 0 radical (unpaired) electrons. The molecule has 22 nitrogen and oxygen atoms in total. The quantitative estimate of drug-likeness (QED) is 0.00640. The van der Waals surface area contributed by atoms with Crippen molar-refractivity contribution in [3.8, 4) is 6.07 Å². The Bertz CT molecular complexity index is 4230. The van der Waals surface area contributed by atoms with Gasteiger partial charge in [-0.3, -0.25) is 23.7 Å². The van der Waals surface area contributed by atoms with Crippen molar-refractivity contribution in [2.75, 3.05) is 57.2 Å². The third kappa shape index (κ3) is 16.5. The van der Waals surface area contributed by atoms with Crippen LogP contribution < -0.4 is 31.1 Å². The predicted molar refractivity (Wildman–Crippen MR) is 348 cm³/mol. The Morgan fingerprint density at radius 3 is 1.59 bits per heavy atom. The van der Waals surface area contributed by atoms with Crippen LogP contribution in [0.1, 0.15) is 62.4 Å². The van der Waals surface area contributed by atoms with Gasteiger partial charge in [0, 0.05) is 59.6 Å². The number of benzene rings is 5. The maximum Gasteiger partial charge on any atom is 0.297 e. The lowest BCUT2D eigenvalue weighted by Gasteiger charge is -2.22. The molecule has 446 valence electrons. The average molecular weight is 1250 g/mol. The van der Waals surface area contributed by atoms with E-state index in [0.717, 1.165) is 41.3 Å². The molecule has 26 heteroatoms. The van der Waals surface area contributed by atoms with E-state index in [9.17, 15) is 37.4 Å². The van der Waals surface area contributed by atoms with Crippen molar-refractivity contribution in [3.63, 3.8) is 0 Å². The van der Waals surface area contributed by atoms with Crippen LogP contribution in [0.3, 0.4) is 0 Å². The molecule has 0 aliphatic heterocycles. The van der Waals surface area contributed by atoms with E-state index >= 15 is 0 Å². The van der Waals surface area contributed by atoms with E-state index in [0.29, 0.717) is 81.7 Å². The summed E-state index contributed by atoms with van der Waals surface area (Å²) in [5.74, 6) is -2.06. The summed E-state index contributed by atoms with van der Waals surface area (Å²) in [6, 6.07) is 40.8. The van der Waals surface area contributed by atoms with Crippen molar-refractivity contribution in [2.45, 2.75) is 57.3 Å². The number of aromatic nitrogens is 3. The highest BCUT2D eigenvalue weighted by molar-refractivity contribution is 7.98. The number of carbonyl (C=O) groups is 4. The summed E-state index contributed by atoms with van der Waals surface area (Å²) in [7, 11) is -5.16. The van der Waals surface area contributed by atoms with Gasteiger partial charge in [0.2, 0.25) is 17.6 Å². The van der Waals surface area contributed by atoms with Crippen LogP contribution in [0.25, 0.3) is 17.0 Å². The largest absolute Gasteiger partial charge is 0.372 e. The van der Waals surface area contributed by atoms with E-state index in [-0.39, 0.29) is 43.7 Å². The molecule has 0 aliphatic carbocycles. The van der Waals surface area contributed by atoms with Gasteiger partial charge in [-0.2, -0.15) is 33.7 Å². The SMILES string of the molecule is [C-]#[N+]c1cc(/C=C(\C(C)=O)C(=O)Nc2ccccc2)sc1N=Nc1ccc(N(CC)CC)cc1Nc1nc(Nc2cc(N(CC)CC)ccc2N=Nc2sc(/C=C(/C(C)=O)C(=O)Nc3ccccc3)c(S(=O)(=O)O)c2C#N)nc(SCc2ccccc2)n1. The van der Waals surface area contributed by atoms with Crippen LogP contribution in [0.5, 0.6) is 0 Å². The smallest absolute Gasteiger partial charge is 0.297 e. The van der Waals surface area contributed by atoms with Gasteiger partial charge in [0.1, 0.15) is 32.9 Å². The average Bonchev–Trinajstić information content (AvgIpc) is 4.28. The van der Waals surface area contributed by atoms with E-state index < -0.39 is 49.5 Å². The van der Waals surface area contributed by atoms with Crippen molar-refractivity contribution in [1.82, 2.24) is 15.0 Å². The standard InChI is InChI=1S/C62H57N15O7S4/c1-8-76(9-2)43-27-29-49(72-74-58-48(36-63)55(88(82,83)84)54(87-58)35-47(39(6)79)57(81)66-42-25-19-14-20-26-42)51(31-43)67-60-69-61(71-62(70-60)85-37-40-21-15-12-16-22-40)68-52-32-44(77(10-3)11-4)28-30-50(52)73-75-59-53(64-7)34-45(86-59)33-46(38(5)78)56(80)65-41-23-17-13-18-24-41/h12-35H,8-11,37H2,1-6H3,(H,65,80)(H,66,81)(H,82,83,84)(H2,67,68,69,70,71)/b46-33+,47-35-,74-72?,75-73?. The zero-order valence-electron chi connectivity index (χ0n) is 48.3. The number of ketones is 2. The number of anilines is 8. The van der Waals surface area contributed by atoms with Gasteiger partial charge in [-0.1, -0.05) is 78.5 Å². The summed E-state index contributed by atoms with van der Waals surface area (Å²) in [5.41, 5.74) is 3.71. The number of nitrogens with zero attached hydrogens (tertiary/aromatic N) is 11. The minimum atomic E-state index is -5.16. The molecule has 0 unspecified atom stereocenters. The van der Waals surface area contributed by atoms with E-state index in [2.05, 4.69) is 56.4 Å². The summed E-state index contributed by atoms with van der Waals surface area (Å²) in [4.78, 5) is 74.1. The maximum atomic E-state index is 13.4. The zero-order chi connectivity index (χ0) is 62.9. The van der Waals surface area contributed by atoms with Gasteiger partial charge in [-0.05, 0) is 126 Å². The Kier molecular flexibility index (Phi) is 21.7. The number of amides is 2. The fourth-order valence-electron chi connectivity index (χ4n) is 8.61. The van der Waals surface area contributed by atoms with Gasteiger partial charge in [0.15, 0.2) is 21.7 Å². The van der Waals surface area contributed by atoms with Crippen molar-refractivity contribution in [2.24, 2.45) is 20.5 Å². The maximum absolute atomic E-state index is 13.4. The molecule has 2 amide bonds. The first-order valence-corrected chi connectivity index (χ1v) is 31.3. The third-order valence-electron chi connectivity index (χ3n) is 13.0. The van der Waals surface area contributed by atoms with Crippen molar-refractivity contribution in [3.05, 3.63) is 177 Å². The molecule has 0 aliphatic rings. The molecule has 5 N–H and O–H groups in total. The van der Waals surface area contributed by atoms with Crippen molar-refractivity contribution >= 4 is 153 Å². The third-order valence-corrected chi connectivity index (χ3v) is 16.9. The number of hydrogen-bond donors (Lipinski definition) is 5. The number of carbonyl (C=O) groups excluding carboxylic acids is 4. The van der Waals surface area contributed by atoms with E-state index in [1.54, 1.807) is 91.0 Å². The number of nitriles is 1. The van der Waals surface area contributed by atoms with Crippen molar-refractivity contribution in [1.29, 1.82) is 5.26 Å². The molecule has 0 spiro atoms. The molecule has 0 saturated carbocycles. The van der Waals surface area contributed by atoms with Gasteiger partial charge >= 0.3 is 0 Å². The van der Waals surface area contributed by atoms with E-state index in [1.165, 1.54) is 30.8 Å². The van der Waals surface area contributed by atoms with E-state index in [1.807, 2.05) is 70.2 Å². The van der Waals surface area contributed by atoms with Crippen LogP contribution in [-0.4, -0.2) is 77.5 Å². The number of azo groups is 2. The summed E-state index contributed by atoms with van der Waals surface area (Å²) in [6.45, 7) is 21.0. The Morgan fingerprint density at radius 2 is 1.14 bits per heavy atom. The zero-order valence-corrected chi connectivity index (χ0v) is 51.6. The first-order valence-electron chi connectivity index (χ1n) is 27.2. The highest BCUT2D eigenvalue weighted by Crippen LogP contribution is 2.44. The topological polar surface area (TPSA) is 294 Å². The minimum Gasteiger partial charge on any atom is -0.372 e. The molecule has 88 heavy (non-hydrogen) atoms. The van der Waals surface area contributed by atoms with Gasteiger partial charge in [-0.15, -0.1) is 38.0 Å². The van der Waals surface area contributed by atoms with E-state index in [4.69, 9.17) is 21.5 Å². The molecule has 0 bridgehead atoms. The minimum absolute atomic E-state index is 0.0491. The second-order valence-electron chi connectivity index (χ2n) is 18.8. The summed E-state index contributed by atoms with van der Waals surface area (Å²) in [6.07, 6.45) is 2.41. The van der Waals surface area contributed by atoms with Crippen LogP contribution in [0.15, 0.2) is 175 Å². The molecule has 0 atom stereocenters. The Hall–Kier alpha value is -10.1. The molecule has 0 fully saturated rings. The summed E-state index contributed by atoms with van der Waals surface area (Å²) < 4.78 is 36.5. The van der Waals surface area contributed by atoms with Crippen LogP contribution in [0, 0.1) is 17.9 Å². The predicted octanol–water partition coefficient (Wildman–Crippen LogP) is 15.2. The lowest BCUT2D eigenvalue weighted by atomic mass is 10.1. The summed E-state index contributed by atoms with van der Waals surface area (Å²) in [5, 5.41) is 40.7. The molecule has 3 heterocycles. The number of para-hydroxylation sites is 2. The van der Waals surface area contributed by atoms with Gasteiger partial charge in [0.25, 0.3) is 21.9 Å². The fraction of sp³-hybridized carbons (Fsp3) is 0.177. The summed E-state index contributed by atoms with van der Waals surface area (Å²) >= 11 is 3.03. The van der Waals surface area contributed by atoms with Crippen molar-refractivity contribution < 1.29 is 32.1 Å². The lowest BCUT2D eigenvalue weighted by Crippen LogP contribution is -2.21. The molecule has 8 rings (SSSR count). The monoisotopic (exact) mass is 1250 g/mol. The number of thioether (sulfide) groups is 1. The number of rotatable bonds is 26. The second kappa shape index (κ2) is 29.8. The number of thiophene rings is 2. The molecular weight excluding hydrogens is 1200 g/mol. The normalized spacial score (nSPS) is 11.7. The van der Waals surface area contributed by atoms with Gasteiger partial charge < -0.3 is 31.1 Å². The number of hydrogen-bond acceptors (Lipinski definition) is 21. The highest BCUT2D eigenvalue weighted by Gasteiger charge is 2.29. The number of nitrogens with one attached hydrogen (secondary N) is 4. The molecule has 8 aromatic rings. The van der Waals surface area contributed by atoms with Crippen LogP contribution >= 0.6 is 34.4 Å².